The lowest BCUT2D eigenvalue weighted by molar-refractivity contribution is 0.235. The van der Waals surface area contributed by atoms with Crippen LogP contribution < -0.4 is 11.1 Å². The predicted molar refractivity (Wildman–Crippen MR) is 70.0 cm³/mol. The fourth-order valence-electron chi connectivity index (χ4n) is 1.50. The van der Waals surface area contributed by atoms with Crippen LogP contribution in [-0.4, -0.2) is 27.7 Å². The Balaban J connectivity index is 2.89. The van der Waals surface area contributed by atoms with Crippen LogP contribution in [0.15, 0.2) is 6.20 Å². The third-order valence-electron chi connectivity index (χ3n) is 2.54. The van der Waals surface area contributed by atoms with Crippen LogP contribution >= 0.6 is 11.6 Å². The average Bonchev–Trinajstić information content (AvgIpc) is 2.21. The zero-order valence-corrected chi connectivity index (χ0v) is 11.1. The molecule has 0 saturated carbocycles. The van der Waals surface area contributed by atoms with E-state index >= 15 is 0 Å². The van der Waals surface area contributed by atoms with Crippen molar-refractivity contribution in [1.82, 2.24) is 9.97 Å². The molecule has 1 atom stereocenters. The van der Waals surface area contributed by atoms with E-state index in [4.69, 9.17) is 22.4 Å². The highest BCUT2D eigenvalue weighted by Gasteiger charge is 2.25. The van der Waals surface area contributed by atoms with E-state index in [1.165, 1.54) is 6.20 Å². The molecule has 4 N–H and O–H groups in total. The van der Waals surface area contributed by atoms with Gasteiger partial charge in [0, 0.05) is 12.6 Å². The van der Waals surface area contributed by atoms with Crippen LogP contribution in [-0.2, 0) is 0 Å². The first-order chi connectivity index (χ1) is 7.84. The van der Waals surface area contributed by atoms with Crippen LogP contribution in [0.4, 0.5) is 11.8 Å². The summed E-state index contributed by atoms with van der Waals surface area (Å²) in [6.45, 7) is 6.35. The number of aromatic nitrogens is 2. The molecule has 0 aromatic carbocycles. The minimum absolute atomic E-state index is 0.0221. The number of hydrogen-bond donors (Lipinski definition) is 3. The third-order valence-corrected chi connectivity index (χ3v) is 2.81. The standard InChI is InChI=1S/C11H19ClN4O/c1-11(2,3)8(4-5-17)15-9-7(12)6-14-10(13)16-9/h6,8,17H,4-5H2,1-3H3,(H3,13,14,15,16). The summed E-state index contributed by atoms with van der Waals surface area (Å²) in [6.07, 6.45) is 2.08. The molecule has 6 heteroatoms. The van der Waals surface area contributed by atoms with Gasteiger partial charge in [-0.15, -0.1) is 0 Å². The zero-order valence-electron chi connectivity index (χ0n) is 10.4. The van der Waals surface area contributed by atoms with Gasteiger partial charge in [0.1, 0.15) is 5.02 Å². The first-order valence-corrected chi connectivity index (χ1v) is 5.88. The van der Waals surface area contributed by atoms with Gasteiger partial charge in [-0.3, -0.25) is 0 Å². The van der Waals surface area contributed by atoms with Crippen molar-refractivity contribution in [3.05, 3.63) is 11.2 Å². The number of halogens is 1. The highest BCUT2D eigenvalue weighted by atomic mass is 35.5. The minimum Gasteiger partial charge on any atom is -0.396 e. The number of nitrogens with zero attached hydrogens (tertiary/aromatic N) is 2. The third kappa shape index (κ3) is 4.02. The maximum absolute atomic E-state index is 9.07. The minimum atomic E-state index is -0.0221. The maximum atomic E-state index is 9.07. The second kappa shape index (κ2) is 5.51. The van der Waals surface area contributed by atoms with Crippen molar-refractivity contribution >= 4 is 23.4 Å². The lowest BCUT2D eigenvalue weighted by atomic mass is 9.85. The molecule has 0 aliphatic heterocycles. The summed E-state index contributed by atoms with van der Waals surface area (Å²) >= 11 is 5.98. The van der Waals surface area contributed by atoms with Gasteiger partial charge < -0.3 is 16.2 Å². The molecular weight excluding hydrogens is 240 g/mol. The van der Waals surface area contributed by atoms with Crippen molar-refractivity contribution in [2.45, 2.75) is 33.2 Å². The SMILES string of the molecule is CC(C)(C)C(CCO)Nc1nc(N)ncc1Cl. The van der Waals surface area contributed by atoms with E-state index in [1.54, 1.807) is 0 Å². The summed E-state index contributed by atoms with van der Waals surface area (Å²) in [5, 5.41) is 12.7. The van der Waals surface area contributed by atoms with Gasteiger partial charge in [-0.1, -0.05) is 32.4 Å². The molecule has 0 amide bonds. The molecule has 1 heterocycles. The molecule has 0 aliphatic rings. The number of anilines is 2. The zero-order chi connectivity index (χ0) is 13.1. The molecule has 17 heavy (non-hydrogen) atoms. The van der Waals surface area contributed by atoms with E-state index in [0.29, 0.717) is 17.3 Å². The van der Waals surface area contributed by atoms with Gasteiger partial charge in [0.15, 0.2) is 5.82 Å². The van der Waals surface area contributed by atoms with E-state index in [9.17, 15) is 0 Å². The highest BCUT2D eigenvalue weighted by Crippen LogP contribution is 2.27. The molecule has 0 radical (unpaired) electrons. The summed E-state index contributed by atoms with van der Waals surface area (Å²) in [5.41, 5.74) is 5.49. The van der Waals surface area contributed by atoms with Gasteiger partial charge >= 0.3 is 0 Å². The van der Waals surface area contributed by atoms with Crippen molar-refractivity contribution < 1.29 is 5.11 Å². The second-order valence-electron chi connectivity index (χ2n) is 5.00. The number of rotatable bonds is 4. The fourth-order valence-corrected chi connectivity index (χ4v) is 1.64. The van der Waals surface area contributed by atoms with Crippen LogP contribution in [0.1, 0.15) is 27.2 Å². The Labute approximate surface area is 106 Å². The average molecular weight is 259 g/mol. The van der Waals surface area contributed by atoms with Crippen molar-refractivity contribution in [2.24, 2.45) is 5.41 Å². The molecule has 0 fully saturated rings. The van der Waals surface area contributed by atoms with Crippen molar-refractivity contribution in [3.8, 4) is 0 Å². The van der Waals surface area contributed by atoms with Gasteiger partial charge in [-0.05, 0) is 11.8 Å². The number of aliphatic hydroxyl groups is 1. The van der Waals surface area contributed by atoms with E-state index in [0.717, 1.165) is 0 Å². The van der Waals surface area contributed by atoms with E-state index in [2.05, 4.69) is 36.1 Å². The Bertz CT molecular complexity index is 378. The lowest BCUT2D eigenvalue weighted by Crippen LogP contribution is -2.35. The predicted octanol–water partition coefficient (Wildman–Crippen LogP) is 1.92. The first-order valence-electron chi connectivity index (χ1n) is 5.50. The number of aliphatic hydroxyl groups excluding tert-OH is 1. The van der Waals surface area contributed by atoms with E-state index < -0.39 is 0 Å². The lowest BCUT2D eigenvalue weighted by Gasteiger charge is -2.31. The van der Waals surface area contributed by atoms with Gasteiger partial charge in [-0.2, -0.15) is 4.98 Å². The number of nitrogens with one attached hydrogen (secondary N) is 1. The molecule has 1 rings (SSSR count). The topological polar surface area (TPSA) is 84.1 Å². The second-order valence-corrected chi connectivity index (χ2v) is 5.41. The molecule has 0 bridgehead atoms. The van der Waals surface area contributed by atoms with Gasteiger partial charge in [-0.25, -0.2) is 4.98 Å². The normalized spacial score (nSPS) is 13.5. The molecule has 1 aromatic rings. The summed E-state index contributed by atoms with van der Waals surface area (Å²) in [4.78, 5) is 7.85. The first kappa shape index (κ1) is 14.0. The van der Waals surface area contributed by atoms with Crippen molar-refractivity contribution in [3.63, 3.8) is 0 Å². The van der Waals surface area contributed by atoms with Crippen molar-refractivity contribution in [1.29, 1.82) is 0 Å². The van der Waals surface area contributed by atoms with Gasteiger partial charge in [0.25, 0.3) is 0 Å². The van der Waals surface area contributed by atoms with Gasteiger partial charge in [0.05, 0.1) is 6.20 Å². The van der Waals surface area contributed by atoms with E-state index in [-0.39, 0.29) is 24.0 Å². The largest absolute Gasteiger partial charge is 0.396 e. The highest BCUT2D eigenvalue weighted by molar-refractivity contribution is 6.32. The molecule has 0 spiro atoms. The molecule has 0 aliphatic carbocycles. The summed E-state index contributed by atoms with van der Waals surface area (Å²) in [7, 11) is 0. The Morgan fingerprint density at radius 2 is 2.18 bits per heavy atom. The summed E-state index contributed by atoms with van der Waals surface area (Å²) in [6, 6.07) is 0.0549. The van der Waals surface area contributed by atoms with Gasteiger partial charge in [0.2, 0.25) is 5.95 Å². The monoisotopic (exact) mass is 258 g/mol. The van der Waals surface area contributed by atoms with Crippen LogP contribution in [0.3, 0.4) is 0 Å². The van der Waals surface area contributed by atoms with Crippen LogP contribution in [0, 0.1) is 5.41 Å². The Hall–Kier alpha value is -1.07. The molecule has 1 aromatic heterocycles. The van der Waals surface area contributed by atoms with E-state index in [1.807, 2.05) is 0 Å². The Morgan fingerprint density at radius 1 is 1.53 bits per heavy atom. The number of nitrogens with two attached hydrogens (primary N) is 1. The summed E-state index contributed by atoms with van der Waals surface area (Å²) < 4.78 is 0. The molecule has 0 saturated heterocycles. The van der Waals surface area contributed by atoms with Crippen LogP contribution in [0.25, 0.3) is 0 Å². The number of hydrogen-bond acceptors (Lipinski definition) is 5. The van der Waals surface area contributed by atoms with Crippen LogP contribution in [0.5, 0.6) is 0 Å². The van der Waals surface area contributed by atoms with Crippen LogP contribution in [0.2, 0.25) is 5.02 Å². The molecule has 5 nitrogen and oxygen atoms in total. The van der Waals surface area contributed by atoms with Crippen molar-refractivity contribution in [2.75, 3.05) is 17.7 Å². The Kier molecular flexibility index (Phi) is 4.54. The molecule has 96 valence electrons. The number of nitrogen functional groups attached to an aromatic ring is 1. The fraction of sp³-hybridized carbons (Fsp3) is 0.636. The molecule has 1 unspecified atom stereocenters. The Morgan fingerprint density at radius 3 is 2.71 bits per heavy atom. The quantitative estimate of drug-likeness (QED) is 0.768. The summed E-state index contributed by atoms with van der Waals surface area (Å²) in [5.74, 6) is 0.682. The smallest absolute Gasteiger partial charge is 0.222 e. The molecular formula is C11H19ClN4O. The maximum Gasteiger partial charge on any atom is 0.222 e.